The Labute approximate surface area is 111 Å². The average Bonchev–Trinajstić information content (AvgIpc) is 2.39. The molecule has 0 spiro atoms. The zero-order valence-corrected chi connectivity index (χ0v) is 12.0. The molecular weight excluding hydrogens is 226 g/mol. The maximum atomic E-state index is 10.9. The van der Waals surface area contributed by atoms with Crippen LogP contribution in [0.25, 0.3) is 0 Å². The van der Waals surface area contributed by atoms with Gasteiger partial charge in [0.05, 0.1) is 5.92 Å². The molecule has 0 heterocycles. The number of rotatable bonds is 8. The molecule has 3 heteroatoms. The Hall–Kier alpha value is -0.570. The van der Waals surface area contributed by atoms with E-state index in [1.54, 1.807) is 0 Å². The quantitative estimate of drug-likeness (QED) is 0.698. The SMILES string of the molecule is CCCCC(CC)NCC1CCC(C(=O)O)CC1. The molecule has 0 aromatic carbocycles. The Balaban J connectivity index is 2.18. The van der Waals surface area contributed by atoms with Crippen LogP contribution in [0, 0.1) is 11.8 Å². The highest BCUT2D eigenvalue weighted by Crippen LogP contribution is 2.28. The van der Waals surface area contributed by atoms with Crippen molar-refractivity contribution in [2.24, 2.45) is 11.8 Å². The minimum Gasteiger partial charge on any atom is -0.481 e. The van der Waals surface area contributed by atoms with Crippen molar-refractivity contribution in [1.29, 1.82) is 0 Å². The van der Waals surface area contributed by atoms with E-state index in [9.17, 15) is 4.79 Å². The van der Waals surface area contributed by atoms with E-state index in [0.717, 1.165) is 32.2 Å². The first-order valence-electron chi connectivity index (χ1n) is 7.63. The lowest BCUT2D eigenvalue weighted by Gasteiger charge is -2.28. The first kappa shape index (κ1) is 15.5. The molecule has 1 atom stereocenters. The highest BCUT2D eigenvalue weighted by atomic mass is 16.4. The molecule has 0 radical (unpaired) electrons. The highest BCUT2D eigenvalue weighted by Gasteiger charge is 2.25. The summed E-state index contributed by atoms with van der Waals surface area (Å²) in [5.41, 5.74) is 0. The van der Waals surface area contributed by atoms with Gasteiger partial charge >= 0.3 is 5.97 Å². The number of hydrogen-bond acceptors (Lipinski definition) is 2. The summed E-state index contributed by atoms with van der Waals surface area (Å²) in [6.07, 6.45) is 8.93. The minimum absolute atomic E-state index is 0.0803. The van der Waals surface area contributed by atoms with Crippen molar-refractivity contribution in [3.63, 3.8) is 0 Å². The zero-order valence-electron chi connectivity index (χ0n) is 12.0. The first-order chi connectivity index (χ1) is 8.67. The third kappa shape index (κ3) is 5.38. The van der Waals surface area contributed by atoms with Crippen molar-refractivity contribution in [3.8, 4) is 0 Å². The lowest BCUT2D eigenvalue weighted by Crippen LogP contribution is -2.35. The van der Waals surface area contributed by atoms with E-state index in [-0.39, 0.29) is 5.92 Å². The number of carboxylic acid groups (broad SMARTS) is 1. The largest absolute Gasteiger partial charge is 0.481 e. The van der Waals surface area contributed by atoms with Crippen LogP contribution in [0.4, 0.5) is 0 Å². The van der Waals surface area contributed by atoms with E-state index >= 15 is 0 Å². The van der Waals surface area contributed by atoms with E-state index < -0.39 is 5.97 Å². The van der Waals surface area contributed by atoms with Gasteiger partial charge in [0.2, 0.25) is 0 Å². The summed E-state index contributed by atoms with van der Waals surface area (Å²) >= 11 is 0. The summed E-state index contributed by atoms with van der Waals surface area (Å²) in [6.45, 7) is 5.56. The molecule has 1 aliphatic carbocycles. The predicted molar refractivity (Wildman–Crippen MR) is 74.7 cm³/mol. The van der Waals surface area contributed by atoms with Gasteiger partial charge in [0.15, 0.2) is 0 Å². The molecule has 0 aromatic heterocycles. The van der Waals surface area contributed by atoms with Crippen LogP contribution in [0.3, 0.4) is 0 Å². The molecule has 0 amide bonds. The van der Waals surface area contributed by atoms with Crippen LogP contribution in [0.2, 0.25) is 0 Å². The van der Waals surface area contributed by atoms with E-state index in [1.807, 2.05) is 0 Å². The van der Waals surface area contributed by atoms with Crippen molar-refractivity contribution >= 4 is 5.97 Å². The lowest BCUT2D eigenvalue weighted by molar-refractivity contribution is -0.143. The molecule has 1 fully saturated rings. The molecule has 0 bridgehead atoms. The van der Waals surface area contributed by atoms with Crippen LogP contribution in [0.5, 0.6) is 0 Å². The minimum atomic E-state index is -0.601. The van der Waals surface area contributed by atoms with Gasteiger partial charge in [-0.15, -0.1) is 0 Å². The third-order valence-electron chi connectivity index (χ3n) is 4.29. The molecule has 0 aliphatic heterocycles. The normalized spacial score (nSPS) is 25.9. The average molecular weight is 255 g/mol. The zero-order chi connectivity index (χ0) is 13.4. The Morgan fingerprint density at radius 1 is 1.28 bits per heavy atom. The van der Waals surface area contributed by atoms with Crippen LogP contribution >= 0.6 is 0 Å². The summed E-state index contributed by atoms with van der Waals surface area (Å²) < 4.78 is 0. The maximum Gasteiger partial charge on any atom is 0.306 e. The Bertz CT molecular complexity index is 235. The maximum absolute atomic E-state index is 10.9. The second-order valence-electron chi connectivity index (χ2n) is 5.71. The third-order valence-corrected chi connectivity index (χ3v) is 4.29. The van der Waals surface area contributed by atoms with Crippen molar-refractivity contribution in [1.82, 2.24) is 5.32 Å². The van der Waals surface area contributed by atoms with E-state index in [2.05, 4.69) is 19.2 Å². The molecule has 0 saturated heterocycles. The number of nitrogens with one attached hydrogen (secondary N) is 1. The number of aliphatic carboxylic acids is 1. The van der Waals surface area contributed by atoms with Gasteiger partial charge in [-0.1, -0.05) is 26.7 Å². The summed E-state index contributed by atoms with van der Waals surface area (Å²) in [5.74, 6) is 0.00961. The standard InChI is InChI=1S/C15H29NO2/c1-3-5-6-14(4-2)16-11-12-7-9-13(10-8-12)15(17)18/h12-14,16H,3-11H2,1-2H3,(H,17,18). The molecule has 106 valence electrons. The molecule has 1 saturated carbocycles. The van der Waals surface area contributed by atoms with Crippen LogP contribution in [0.15, 0.2) is 0 Å². The van der Waals surface area contributed by atoms with Crippen LogP contribution in [0.1, 0.15) is 65.2 Å². The summed E-state index contributed by atoms with van der Waals surface area (Å²) in [4.78, 5) is 10.9. The van der Waals surface area contributed by atoms with Crippen LogP contribution in [-0.4, -0.2) is 23.7 Å². The number of carboxylic acids is 1. The number of unbranched alkanes of at least 4 members (excludes halogenated alkanes) is 1. The molecule has 1 rings (SSSR count). The van der Waals surface area contributed by atoms with Crippen molar-refractivity contribution in [3.05, 3.63) is 0 Å². The first-order valence-corrected chi connectivity index (χ1v) is 7.63. The molecule has 0 aromatic rings. The lowest BCUT2D eigenvalue weighted by atomic mass is 9.82. The number of carbonyl (C=O) groups is 1. The predicted octanol–water partition coefficient (Wildman–Crippen LogP) is 3.44. The molecule has 2 N–H and O–H groups in total. The van der Waals surface area contributed by atoms with Gasteiger partial charge in [-0.25, -0.2) is 0 Å². The fourth-order valence-corrected chi connectivity index (χ4v) is 2.85. The van der Waals surface area contributed by atoms with E-state index in [4.69, 9.17) is 5.11 Å². The Kier molecular flexibility index (Phi) is 7.33. The number of hydrogen-bond donors (Lipinski definition) is 2. The summed E-state index contributed by atoms with van der Waals surface area (Å²) in [5, 5.41) is 12.6. The summed E-state index contributed by atoms with van der Waals surface area (Å²) in [6, 6.07) is 0.655. The summed E-state index contributed by atoms with van der Waals surface area (Å²) in [7, 11) is 0. The van der Waals surface area contributed by atoms with Crippen LogP contribution < -0.4 is 5.32 Å². The molecular formula is C15H29NO2. The van der Waals surface area contributed by atoms with Gasteiger partial charge < -0.3 is 10.4 Å². The van der Waals surface area contributed by atoms with Gasteiger partial charge in [0.25, 0.3) is 0 Å². The van der Waals surface area contributed by atoms with E-state index in [1.165, 1.54) is 25.7 Å². The fraction of sp³-hybridized carbons (Fsp3) is 0.933. The van der Waals surface area contributed by atoms with Crippen LogP contribution in [-0.2, 0) is 4.79 Å². The Morgan fingerprint density at radius 2 is 1.94 bits per heavy atom. The van der Waals surface area contributed by atoms with Crippen molar-refractivity contribution in [2.45, 2.75) is 71.3 Å². The molecule has 18 heavy (non-hydrogen) atoms. The van der Waals surface area contributed by atoms with Crippen molar-refractivity contribution in [2.75, 3.05) is 6.54 Å². The second-order valence-corrected chi connectivity index (χ2v) is 5.71. The second kappa shape index (κ2) is 8.52. The van der Waals surface area contributed by atoms with Gasteiger partial charge in [0.1, 0.15) is 0 Å². The fourth-order valence-electron chi connectivity index (χ4n) is 2.85. The molecule has 1 unspecified atom stereocenters. The van der Waals surface area contributed by atoms with E-state index in [0.29, 0.717) is 12.0 Å². The highest BCUT2D eigenvalue weighted by molar-refractivity contribution is 5.69. The topological polar surface area (TPSA) is 49.3 Å². The van der Waals surface area contributed by atoms with Crippen molar-refractivity contribution < 1.29 is 9.90 Å². The van der Waals surface area contributed by atoms with Gasteiger partial charge in [0, 0.05) is 6.04 Å². The monoisotopic (exact) mass is 255 g/mol. The van der Waals surface area contributed by atoms with Gasteiger partial charge in [-0.05, 0) is 51.0 Å². The molecule has 1 aliphatic rings. The van der Waals surface area contributed by atoms with Gasteiger partial charge in [-0.3, -0.25) is 4.79 Å². The smallest absolute Gasteiger partial charge is 0.306 e. The molecule has 3 nitrogen and oxygen atoms in total. The Morgan fingerprint density at radius 3 is 2.44 bits per heavy atom. The van der Waals surface area contributed by atoms with Gasteiger partial charge in [-0.2, -0.15) is 0 Å².